The van der Waals surface area contributed by atoms with Gasteiger partial charge in [0.15, 0.2) is 0 Å². The van der Waals surface area contributed by atoms with Gasteiger partial charge in [-0.25, -0.2) is 0 Å². The minimum absolute atomic E-state index is 0.0587. The monoisotopic (exact) mass is 336 g/mol. The van der Waals surface area contributed by atoms with Crippen molar-refractivity contribution < 1.29 is 4.79 Å². The number of benzene rings is 1. The number of aromatic nitrogens is 2. The van der Waals surface area contributed by atoms with E-state index in [9.17, 15) is 4.79 Å². The Balaban J connectivity index is 1.90. The molecule has 0 radical (unpaired) electrons. The maximum Gasteiger partial charge on any atom is 0.250 e. The third-order valence-corrected chi connectivity index (χ3v) is 4.37. The van der Waals surface area contributed by atoms with Gasteiger partial charge in [0.1, 0.15) is 6.04 Å². The summed E-state index contributed by atoms with van der Waals surface area (Å²) in [5.74, 6) is 0.0587. The van der Waals surface area contributed by atoms with Crippen LogP contribution in [0.5, 0.6) is 0 Å². The van der Waals surface area contributed by atoms with Crippen molar-refractivity contribution in [1.29, 1.82) is 0 Å². The van der Waals surface area contributed by atoms with Crippen molar-refractivity contribution in [2.24, 2.45) is 0 Å². The first-order chi connectivity index (χ1) is 12.1. The molecule has 0 aliphatic rings. The first-order valence-corrected chi connectivity index (χ1v) is 8.40. The summed E-state index contributed by atoms with van der Waals surface area (Å²) in [6.07, 6.45) is 5.72. The number of nitrogens with one attached hydrogen (secondary N) is 1. The Morgan fingerprint density at radius 2 is 1.68 bits per heavy atom. The molecule has 2 aromatic heterocycles. The van der Waals surface area contributed by atoms with Crippen LogP contribution in [0.2, 0.25) is 0 Å². The summed E-state index contributed by atoms with van der Waals surface area (Å²) in [6, 6.07) is 15.6. The number of hydrogen-bond acceptors (Lipinski definition) is 2. The van der Waals surface area contributed by atoms with E-state index in [0.717, 1.165) is 17.1 Å². The predicted octanol–water partition coefficient (Wildman–Crippen LogP) is 3.68. The van der Waals surface area contributed by atoms with Gasteiger partial charge in [-0.1, -0.05) is 0 Å². The predicted molar refractivity (Wildman–Crippen MR) is 102 cm³/mol. The Labute approximate surface area is 148 Å². The van der Waals surface area contributed by atoms with E-state index in [1.807, 2.05) is 103 Å². The zero-order valence-corrected chi connectivity index (χ0v) is 14.9. The Hall–Kier alpha value is -2.95. The van der Waals surface area contributed by atoms with Gasteiger partial charge < -0.3 is 19.4 Å². The number of hydrogen-bond donors (Lipinski definition) is 1. The summed E-state index contributed by atoms with van der Waals surface area (Å²) in [6.45, 7) is 2.44. The summed E-state index contributed by atoms with van der Waals surface area (Å²) in [5, 5.41) is 0. The van der Waals surface area contributed by atoms with Crippen LogP contribution >= 0.6 is 0 Å². The first kappa shape index (κ1) is 16.9. The quantitative estimate of drug-likeness (QED) is 0.746. The highest BCUT2D eigenvalue weighted by Crippen LogP contribution is 2.24. The van der Waals surface area contributed by atoms with Crippen molar-refractivity contribution in [3.63, 3.8) is 0 Å². The van der Waals surface area contributed by atoms with Gasteiger partial charge in [-0.2, -0.15) is 0 Å². The van der Waals surface area contributed by atoms with E-state index in [0.29, 0.717) is 6.54 Å². The molecule has 0 saturated carbocycles. The molecule has 25 heavy (non-hydrogen) atoms. The van der Waals surface area contributed by atoms with Crippen molar-refractivity contribution in [2.45, 2.75) is 19.5 Å². The fourth-order valence-electron chi connectivity index (χ4n) is 2.82. The minimum Gasteiger partial charge on any atom is -0.378 e. The van der Waals surface area contributed by atoms with Gasteiger partial charge >= 0.3 is 0 Å². The normalized spacial score (nSPS) is 12.0. The molecule has 5 nitrogen and oxygen atoms in total. The molecule has 1 unspecified atom stereocenters. The minimum atomic E-state index is -0.265. The van der Waals surface area contributed by atoms with Gasteiger partial charge in [0.2, 0.25) is 5.91 Å². The fourth-order valence-corrected chi connectivity index (χ4v) is 2.82. The SMILES string of the molecule is CC(C(=O)N(Cc1ccc[nH]1)c1ccc(N(C)C)cc1)n1cccc1. The smallest absolute Gasteiger partial charge is 0.250 e. The maximum absolute atomic E-state index is 13.2. The van der Waals surface area contributed by atoms with Crippen LogP contribution in [0.4, 0.5) is 11.4 Å². The molecule has 0 aliphatic carbocycles. The molecule has 0 saturated heterocycles. The lowest BCUT2D eigenvalue weighted by Crippen LogP contribution is -2.35. The number of H-pyrrole nitrogens is 1. The van der Waals surface area contributed by atoms with E-state index < -0.39 is 0 Å². The number of carbonyl (C=O) groups is 1. The average molecular weight is 336 g/mol. The first-order valence-electron chi connectivity index (χ1n) is 8.40. The Bertz CT molecular complexity index is 789. The molecule has 3 rings (SSSR count). The molecular weight excluding hydrogens is 312 g/mol. The third-order valence-electron chi connectivity index (χ3n) is 4.37. The number of anilines is 2. The Kier molecular flexibility index (Phi) is 4.93. The van der Waals surface area contributed by atoms with E-state index in [1.165, 1.54) is 0 Å². The lowest BCUT2D eigenvalue weighted by Gasteiger charge is -2.27. The molecule has 0 fully saturated rings. The van der Waals surface area contributed by atoms with Gasteiger partial charge in [0, 0.05) is 49.8 Å². The van der Waals surface area contributed by atoms with E-state index in [1.54, 1.807) is 0 Å². The van der Waals surface area contributed by atoms with Crippen molar-refractivity contribution in [2.75, 3.05) is 23.9 Å². The topological polar surface area (TPSA) is 44.3 Å². The molecule has 1 amide bonds. The number of nitrogens with zero attached hydrogens (tertiary/aromatic N) is 3. The third kappa shape index (κ3) is 3.76. The molecule has 1 aromatic carbocycles. The van der Waals surface area contributed by atoms with Crippen LogP contribution in [-0.4, -0.2) is 29.6 Å². The Morgan fingerprint density at radius 3 is 2.24 bits per heavy atom. The molecule has 2 heterocycles. The molecule has 1 N–H and O–H groups in total. The van der Waals surface area contributed by atoms with Crippen molar-refractivity contribution in [3.05, 3.63) is 72.8 Å². The summed E-state index contributed by atoms with van der Waals surface area (Å²) in [4.78, 5) is 20.2. The zero-order valence-electron chi connectivity index (χ0n) is 14.9. The van der Waals surface area contributed by atoms with Crippen LogP contribution in [0.3, 0.4) is 0 Å². The molecule has 0 bridgehead atoms. The number of aromatic amines is 1. The molecule has 5 heteroatoms. The second-order valence-corrected chi connectivity index (χ2v) is 6.34. The van der Waals surface area contributed by atoms with Gasteiger partial charge in [-0.3, -0.25) is 4.79 Å². The summed E-state index contributed by atoms with van der Waals surface area (Å²) >= 11 is 0. The lowest BCUT2D eigenvalue weighted by atomic mass is 10.2. The Morgan fingerprint density at radius 1 is 1.04 bits per heavy atom. The highest BCUT2D eigenvalue weighted by molar-refractivity contribution is 5.96. The fraction of sp³-hybridized carbons (Fsp3) is 0.250. The van der Waals surface area contributed by atoms with Crippen molar-refractivity contribution in [3.8, 4) is 0 Å². The number of carbonyl (C=O) groups excluding carboxylic acids is 1. The maximum atomic E-state index is 13.2. The van der Waals surface area contributed by atoms with E-state index in [2.05, 4.69) is 4.98 Å². The second kappa shape index (κ2) is 7.30. The second-order valence-electron chi connectivity index (χ2n) is 6.34. The van der Waals surface area contributed by atoms with Crippen LogP contribution in [0.15, 0.2) is 67.1 Å². The van der Waals surface area contributed by atoms with Gasteiger partial charge in [-0.15, -0.1) is 0 Å². The standard InChI is InChI=1S/C20H24N4O/c1-16(23-13-4-5-14-23)20(25)24(15-17-7-6-12-21-17)19-10-8-18(9-11-19)22(2)3/h4-14,16,21H,15H2,1-3H3. The van der Waals surface area contributed by atoms with Crippen LogP contribution < -0.4 is 9.80 Å². The van der Waals surface area contributed by atoms with Gasteiger partial charge in [0.25, 0.3) is 0 Å². The van der Waals surface area contributed by atoms with Crippen LogP contribution in [-0.2, 0) is 11.3 Å². The van der Waals surface area contributed by atoms with Gasteiger partial charge in [0.05, 0.1) is 6.54 Å². The van der Waals surface area contributed by atoms with E-state index >= 15 is 0 Å². The van der Waals surface area contributed by atoms with Gasteiger partial charge in [-0.05, 0) is 55.5 Å². The largest absolute Gasteiger partial charge is 0.378 e. The van der Waals surface area contributed by atoms with Crippen molar-refractivity contribution in [1.82, 2.24) is 9.55 Å². The van der Waals surface area contributed by atoms with E-state index in [-0.39, 0.29) is 11.9 Å². The molecule has 130 valence electrons. The van der Waals surface area contributed by atoms with Crippen LogP contribution in [0.25, 0.3) is 0 Å². The molecule has 0 spiro atoms. The van der Waals surface area contributed by atoms with E-state index in [4.69, 9.17) is 0 Å². The molecule has 1 atom stereocenters. The number of amides is 1. The summed E-state index contributed by atoms with van der Waals surface area (Å²) in [5.41, 5.74) is 3.00. The summed E-state index contributed by atoms with van der Waals surface area (Å²) < 4.78 is 1.93. The highest BCUT2D eigenvalue weighted by atomic mass is 16.2. The molecule has 0 aliphatic heterocycles. The van der Waals surface area contributed by atoms with Crippen LogP contribution in [0, 0.1) is 0 Å². The van der Waals surface area contributed by atoms with Crippen molar-refractivity contribution >= 4 is 17.3 Å². The average Bonchev–Trinajstić information content (AvgIpc) is 3.32. The summed E-state index contributed by atoms with van der Waals surface area (Å²) in [7, 11) is 4.01. The number of rotatable bonds is 6. The highest BCUT2D eigenvalue weighted by Gasteiger charge is 2.23. The zero-order chi connectivity index (χ0) is 17.8. The molecular formula is C20H24N4O. The molecule has 3 aromatic rings. The van der Waals surface area contributed by atoms with Crippen LogP contribution in [0.1, 0.15) is 18.7 Å². The lowest BCUT2D eigenvalue weighted by molar-refractivity contribution is -0.121.